The summed E-state index contributed by atoms with van der Waals surface area (Å²) in [4.78, 5) is 6.19. The van der Waals surface area contributed by atoms with Gasteiger partial charge in [0.2, 0.25) is 5.79 Å². The van der Waals surface area contributed by atoms with Crippen LogP contribution in [0.3, 0.4) is 0 Å². The first-order chi connectivity index (χ1) is 10.8. The number of alkyl halides is 2. The Balaban J connectivity index is 1.80. The molecule has 126 valence electrons. The lowest BCUT2D eigenvalue weighted by Gasteiger charge is -2.36. The Morgan fingerprint density at radius 1 is 1.39 bits per heavy atom. The lowest BCUT2D eigenvalue weighted by atomic mass is 9.93. The molecule has 4 rings (SSSR count). The standard InChI is InChI=1S/C14H20F2N6O/c15-13(16)3-1-9-8(5-13)10-11(23-9)14(19,21-12(18)20-10)22-4-2-7(17)6-22/h7H,1-6,17,19H2,(H3,18,20,21)/t7-,14?/m1/s1. The minimum absolute atomic E-state index is 0.000829. The Morgan fingerprint density at radius 3 is 2.87 bits per heavy atom. The Labute approximate surface area is 131 Å². The van der Waals surface area contributed by atoms with Crippen molar-refractivity contribution in [2.24, 2.45) is 22.2 Å². The molecular weight excluding hydrogens is 306 g/mol. The van der Waals surface area contributed by atoms with Gasteiger partial charge in [0.25, 0.3) is 5.92 Å². The number of nitrogens with two attached hydrogens (primary N) is 3. The van der Waals surface area contributed by atoms with Crippen molar-refractivity contribution in [1.29, 1.82) is 0 Å². The molecule has 0 amide bonds. The highest BCUT2D eigenvalue weighted by molar-refractivity contribution is 5.96. The molecule has 3 heterocycles. The van der Waals surface area contributed by atoms with Crippen LogP contribution in [0.15, 0.2) is 9.41 Å². The van der Waals surface area contributed by atoms with Crippen LogP contribution in [0.2, 0.25) is 0 Å². The molecule has 0 spiro atoms. The number of fused-ring (bicyclic) bond motifs is 3. The average molecular weight is 326 g/mol. The van der Waals surface area contributed by atoms with E-state index in [1.54, 1.807) is 0 Å². The number of likely N-dealkylation sites (tertiary alicyclic amines) is 1. The molecule has 2 aliphatic heterocycles. The van der Waals surface area contributed by atoms with Crippen molar-refractivity contribution in [1.82, 2.24) is 4.90 Å². The molecule has 23 heavy (non-hydrogen) atoms. The third-order valence-electron chi connectivity index (χ3n) is 4.83. The van der Waals surface area contributed by atoms with E-state index in [-0.39, 0.29) is 31.3 Å². The second kappa shape index (κ2) is 4.65. The molecule has 0 bridgehead atoms. The molecule has 1 aromatic rings. The minimum atomic E-state index is -2.75. The van der Waals surface area contributed by atoms with Gasteiger partial charge >= 0.3 is 0 Å². The van der Waals surface area contributed by atoms with E-state index in [9.17, 15) is 8.78 Å². The van der Waals surface area contributed by atoms with Gasteiger partial charge in [-0.3, -0.25) is 10.6 Å². The highest BCUT2D eigenvalue weighted by Crippen LogP contribution is 2.45. The number of halogens is 2. The van der Waals surface area contributed by atoms with Crippen LogP contribution in [0.4, 0.5) is 14.5 Å². The van der Waals surface area contributed by atoms with Crippen LogP contribution in [0.5, 0.6) is 0 Å². The topological polar surface area (TPSA) is 119 Å². The summed E-state index contributed by atoms with van der Waals surface area (Å²) < 4.78 is 33.4. The van der Waals surface area contributed by atoms with Crippen LogP contribution < -0.4 is 22.5 Å². The smallest absolute Gasteiger partial charge is 0.252 e. The van der Waals surface area contributed by atoms with Crippen LogP contribution in [-0.2, 0) is 18.6 Å². The molecule has 1 fully saturated rings. The summed E-state index contributed by atoms with van der Waals surface area (Å²) in [5, 5.41) is 2.86. The van der Waals surface area contributed by atoms with Crippen LogP contribution in [0, 0.1) is 0 Å². The fraction of sp³-hybridized carbons (Fsp3) is 0.643. The van der Waals surface area contributed by atoms with E-state index in [1.807, 2.05) is 4.90 Å². The molecule has 2 atom stereocenters. The number of hydrogen-bond acceptors (Lipinski definition) is 7. The maximum absolute atomic E-state index is 13.8. The lowest BCUT2D eigenvalue weighted by molar-refractivity contribution is -0.0145. The first-order valence-corrected chi connectivity index (χ1v) is 7.73. The third kappa shape index (κ3) is 2.22. The number of aliphatic imine (C=N–C) groups is 1. The van der Waals surface area contributed by atoms with Gasteiger partial charge in [0.15, 0.2) is 11.7 Å². The number of rotatable bonds is 1. The molecule has 1 saturated heterocycles. The first-order valence-electron chi connectivity index (χ1n) is 7.73. The fourth-order valence-electron chi connectivity index (χ4n) is 3.64. The lowest BCUT2D eigenvalue weighted by Crippen LogP contribution is -2.55. The van der Waals surface area contributed by atoms with E-state index in [0.29, 0.717) is 35.9 Å². The van der Waals surface area contributed by atoms with Gasteiger partial charge in [0, 0.05) is 44.0 Å². The van der Waals surface area contributed by atoms with Gasteiger partial charge in [-0.05, 0) is 6.42 Å². The summed E-state index contributed by atoms with van der Waals surface area (Å²) in [6, 6.07) is -0.000829. The van der Waals surface area contributed by atoms with Gasteiger partial charge in [-0.25, -0.2) is 13.8 Å². The van der Waals surface area contributed by atoms with Gasteiger partial charge in [0.05, 0.1) is 5.69 Å². The van der Waals surface area contributed by atoms with Gasteiger partial charge < -0.3 is 21.2 Å². The summed E-state index contributed by atoms with van der Waals surface area (Å²) >= 11 is 0. The highest BCUT2D eigenvalue weighted by Gasteiger charge is 2.48. The molecule has 7 N–H and O–H groups in total. The number of guanidine groups is 1. The zero-order valence-electron chi connectivity index (χ0n) is 12.6. The van der Waals surface area contributed by atoms with E-state index in [2.05, 4.69) is 10.3 Å². The maximum Gasteiger partial charge on any atom is 0.252 e. The van der Waals surface area contributed by atoms with E-state index < -0.39 is 11.7 Å². The van der Waals surface area contributed by atoms with Crippen molar-refractivity contribution >= 4 is 11.6 Å². The Morgan fingerprint density at radius 2 is 2.17 bits per heavy atom. The summed E-state index contributed by atoms with van der Waals surface area (Å²) in [5.41, 5.74) is 19.2. The van der Waals surface area contributed by atoms with Crippen molar-refractivity contribution in [2.45, 2.75) is 43.4 Å². The highest BCUT2D eigenvalue weighted by atomic mass is 19.3. The number of hydrogen-bond donors (Lipinski definition) is 4. The second-order valence-electron chi connectivity index (χ2n) is 6.58. The summed E-state index contributed by atoms with van der Waals surface area (Å²) in [7, 11) is 0. The van der Waals surface area contributed by atoms with Crippen molar-refractivity contribution in [3.05, 3.63) is 17.1 Å². The second-order valence-corrected chi connectivity index (χ2v) is 6.58. The van der Waals surface area contributed by atoms with E-state index in [1.165, 1.54) is 0 Å². The first kappa shape index (κ1) is 14.9. The molecule has 0 saturated carbocycles. The van der Waals surface area contributed by atoms with Gasteiger partial charge in [0.1, 0.15) is 5.76 Å². The zero-order valence-corrected chi connectivity index (χ0v) is 12.6. The monoisotopic (exact) mass is 326 g/mol. The molecule has 7 nitrogen and oxygen atoms in total. The number of nitrogens with one attached hydrogen (secondary N) is 1. The molecular formula is C14H20F2N6O. The predicted octanol–water partition coefficient (Wildman–Crippen LogP) is 0.246. The van der Waals surface area contributed by atoms with E-state index in [4.69, 9.17) is 21.6 Å². The fourth-order valence-corrected chi connectivity index (χ4v) is 3.64. The Kier molecular flexibility index (Phi) is 3.00. The van der Waals surface area contributed by atoms with Crippen LogP contribution >= 0.6 is 0 Å². The summed E-state index contributed by atoms with van der Waals surface area (Å²) in [6.07, 6.45) is 0.355. The summed E-state index contributed by atoms with van der Waals surface area (Å²) in [6.45, 7) is 1.20. The normalized spacial score (nSPS) is 32.9. The van der Waals surface area contributed by atoms with E-state index in [0.717, 1.165) is 6.42 Å². The quantitative estimate of drug-likeness (QED) is 0.587. The zero-order chi connectivity index (χ0) is 16.4. The SMILES string of the molecule is NC1=NC(N)(N2CC[C@@H](N)C2)c2oc3c(c2N1)CC(F)(F)CC3. The molecule has 1 unspecified atom stereocenters. The maximum atomic E-state index is 13.8. The Hall–Kier alpha value is -1.71. The van der Waals surface area contributed by atoms with Crippen molar-refractivity contribution < 1.29 is 13.2 Å². The van der Waals surface area contributed by atoms with Crippen LogP contribution in [0.1, 0.15) is 29.9 Å². The number of nitrogens with zero attached hydrogens (tertiary/aromatic N) is 2. The molecule has 0 aromatic carbocycles. The third-order valence-corrected chi connectivity index (χ3v) is 4.83. The minimum Gasteiger partial charge on any atom is -0.458 e. The largest absolute Gasteiger partial charge is 0.458 e. The molecule has 3 aliphatic rings. The van der Waals surface area contributed by atoms with Crippen LogP contribution in [0.25, 0.3) is 0 Å². The molecule has 9 heteroatoms. The Bertz CT molecular complexity index is 687. The van der Waals surface area contributed by atoms with Crippen molar-refractivity contribution in [2.75, 3.05) is 18.4 Å². The van der Waals surface area contributed by atoms with Gasteiger partial charge in [-0.2, -0.15) is 0 Å². The average Bonchev–Trinajstić information content (AvgIpc) is 3.03. The molecule has 0 radical (unpaired) electrons. The number of furan rings is 1. The van der Waals surface area contributed by atoms with E-state index >= 15 is 0 Å². The number of anilines is 1. The van der Waals surface area contributed by atoms with Crippen molar-refractivity contribution in [3.63, 3.8) is 0 Å². The van der Waals surface area contributed by atoms with Crippen LogP contribution in [-0.4, -0.2) is 35.9 Å². The van der Waals surface area contributed by atoms with Gasteiger partial charge in [-0.15, -0.1) is 0 Å². The van der Waals surface area contributed by atoms with Crippen molar-refractivity contribution in [3.8, 4) is 0 Å². The predicted molar refractivity (Wildman–Crippen MR) is 81.0 cm³/mol. The van der Waals surface area contributed by atoms with Gasteiger partial charge in [-0.1, -0.05) is 0 Å². The molecule has 1 aromatic heterocycles. The number of aryl methyl sites for hydroxylation is 1. The summed E-state index contributed by atoms with van der Waals surface area (Å²) in [5.74, 6) is -3.06. The molecule has 1 aliphatic carbocycles.